The highest BCUT2D eigenvalue weighted by Crippen LogP contribution is 2.25. The molecule has 0 spiro atoms. The summed E-state index contributed by atoms with van der Waals surface area (Å²) in [5.41, 5.74) is 1.24. The number of amides is 1. The van der Waals surface area contributed by atoms with Gasteiger partial charge in [-0.2, -0.15) is 0 Å². The SMILES string of the molecule is CCC(=O)N1CCC(NC(=NC)NCC2(NC(C)c3ccccc3)CCOCC2)C1. The number of nitrogens with zero attached hydrogens (tertiary/aromatic N) is 2. The molecule has 2 fully saturated rings. The Morgan fingerprint density at radius 3 is 2.70 bits per heavy atom. The second-order valence-electron chi connectivity index (χ2n) is 8.42. The monoisotopic (exact) mass is 415 g/mol. The molecule has 2 heterocycles. The van der Waals surface area contributed by atoms with Crippen molar-refractivity contribution in [1.29, 1.82) is 0 Å². The van der Waals surface area contributed by atoms with Crippen LogP contribution in [-0.4, -0.2) is 68.2 Å². The summed E-state index contributed by atoms with van der Waals surface area (Å²) in [6.07, 6.45) is 3.43. The number of guanidine groups is 1. The van der Waals surface area contributed by atoms with Gasteiger partial charge in [-0.15, -0.1) is 0 Å². The number of aliphatic imine (C=N–C) groups is 1. The number of carbonyl (C=O) groups excluding carboxylic acids is 1. The van der Waals surface area contributed by atoms with Crippen LogP contribution in [0.2, 0.25) is 0 Å². The third-order valence-electron chi connectivity index (χ3n) is 6.27. The number of rotatable bonds is 7. The standard InChI is InChI=1S/C23H37N5O2/c1-4-21(29)28-13-10-20(16-28)26-22(24-3)25-17-23(11-14-30-15-12-23)27-18(2)19-8-6-5-7-9-19/h5-9,18,20,27H,4,10-17H2,1-3H3,(H2,24,25,26). The van der Waals surface area contributed by atoms with Gasteiger partial charge in [0.15, 0.2) is 5.96 Å². The van der Waals surface area contributed by atoms with E-state index in [9.17, 15) is 4.79 Å². The second kappa shape index (κ2) is 10.8. The summed E-state index contributed by atoms with van der Waals surface area (Å²) in [6.45, 7) is 8.00. The van der Waals surface area contributed by atoms with Crippen LogP contribution in [0.25, 0.3) is 0 Å². The number of ether oxygens (including phenoxy) is 1. The average molecular weight is 416 g/mol. The van der Waals surface area contributed by atoms with E-state index in [0.29, 0.717) is 6.42 Å². The van der Waals surface area contributed by atoms with Crippen molar-refractivity contribution in [1.82, 2.24) is 20.9 Å². The Morgan fingerprint density at radius 1 is 1.30 bits per heavy atom. The molecule has 2 atom stereocenters. The molecule has 7 heteroatoms. The first-order valence-electron chi connectivity index (χ1n) is 11.2. The lowest BCUT2D eigenvalue weighted by atomic mass is 9.88. The molecule has 0 aliphatic carbocycles. The zero-order valence-corrected chi connectivity index (χ0v) is 18.6. The number of hydrogen-bond donors (Lipinski definition) is 3. The molecule has 0 saturated carbocycles. The number of likely N-dealkylation sites (tertiary alicyclic amines) is 1. The topological polar surface area (TPSA) is 78.0 Å². The Hall–Kier alpha value is -2.12. The largest absolute Gasteiger partial charge is 0.381 e. The zero-order chi connectivity index (χ0) is 21.4. The minimum atomic E-state index is -0.0506. The van der Waals surface area contributed by atoms with Crippen LogP contribution in [-0.2, 0) is 9.53 Å². The van der Waals surface area contributed by atoms with E-state index in [2.05, 4.69) is 58.2 Å². The van der Waals surface area contributed by atoms with Gasteiger partial charge < -0.3 is 25.6 Å². The van der Waals surface area contributed by atoms with Gasteiger partial charge in [0.25, 0.3) is 0 Å². The lowest BCUT2D eigenvalue weighted by molar-refractivity contribution is -0.129. The maximum absolute atomic E-state index is 11.9. The molecule has 0 bridgehead atoms. The van der Waals surface area contributed by atoms with Crippen LogP contribution in [0.5, 0.6) is 0 Å². The van der Waals surface area contributed by atoms with E-state index >= 15 is 0 Å². The Morgan fingerprint density at radius 2 is 2.03 bits per heavy atom. The fourth-order valence-corrected chi connectivity index (χ4v) is 4.39. The maximum Gasteiger partial charge on any atom is 0.222 e. The summed E-state index contributed by atoms with van der Waals surface area (Å²) in [5, 5.41) is 10.9. The third-order valence-corrected chi connectivity index (χ3v) is 6.27. The molecule has 2 unspecified atom stereocenters. The van der Waals surface area contributed by atoms with E-state index < -0.39 is 0 Å². The van der Waals surface area contributed by atoms with Crippen LogP contribution in [0, 0.1) is 0 Å². The highest BCUT2D eigenvalue weighted by atomic mass is 16.5. The van der Waals surface area contributed by atoms with Gasteiger partial charge in [-0.3, -0.25) is 9.79 Å². The van der Waals surface area contributed by atoms with Crippen LogP contribution in [0.1, 0.15) is 51.1 Å². The molecule has 2 aliphatic heterocycles. The van der Waals surface area contributed by atoms with E-state index in [-0.39, 0.29) is 23.5 Å². The van der Waals surface area contributed by atoms with Gasteiger partial charge in [0, 0.05) is 63.9 Å². The molecule has 0 radical (unpaired) electrons. The highest BCUT2D eigenvalue weighted by Gasteiger charge is 2.34. The van der Waals surface area contributed by atoms with Gasteiger partial charge >= 0.3 is 0 Å². The summed E-state index contributed by atoms with van der Waals surface area (Å²) in [7, 11) is 1.80. The van der Waals surface area contributed by atoms with Crippen molar-refractivity contribution >= 4 is 11.9 Å². The minimum Gasteiger partial charge on any atom is -0.381 e. The van der Waals surface area contributed by atoms with Crippen molar-refractivity contribution in [2.24, 2.45) is 4.99 Å². The summed E-state index contributed by atoms with van der Waals surface area (Å²) in [6, 6.07) is 11.1. The number of nitrogens with one attached hydrogen (secondary N) is 3. The summed E-state index contributed by atoms with van der Waals surface area (Å²) < 4.78 is 5.65. The Bertz CT molecular complexity index is 703. The van der Waals surface area contributed by atoms with Crippen LogP contribution in [0.15, 0.2) is 35.3 Å². The molecule has 1 amide bonds. The Labute approximate surface area is 180 Å². The normalized spacial score (nSPS) is 22.6. The first-order chi connectivity index (χ1) is 14.5. The fourth-order valence-electron chi connectivity index (χ4n) is 4.39. The van der Waals surface area contributed by atoms with Gasteiger partial charge in [0.2, 0.25) is 5.91 Å². The van der Waals surface area contributed by atoms with Crippen molar-refractivity contribution in [2.45, 2.75) is 57.2 Å². The van der Waals surface area contributed by atoms with Gasteiger partial charge in [0.05, 0.1) is 0 Å². The van der Waals surface area contributed by atoms with Crippen LogP contribution >= 0.6 is 0 Å². The minimum absolute atomic E-state index is 0.0506. The van der Waals surface area contributed by atoms with E-state index in [1.54, 1.807) is 7.05 Å². The lowest BCUT2D eigenvalue weighted by Crippen LogP contribution is -2.59. The molecule has 3 N–H and O–H groups in total. The summed E-state index contributed by atoms with van der Waals surface area (Å²) >= 11 is 0. The van der Waals surface area contributed by atoms with Gasteiger partial charge in [-0.05, 0) is 31.7 Å². The number of benzene rings is 1. The first kappa shape index (κ1) is 22.6. The van der Waals surface area contributed by atoms with Crippen LogP contribution in [0.3, 0.4) is 0 Å². The van der Waals surface area contributed by atoms with Crippen LogP contribution in [0.4, 0.5) is 0 Å². The van der Waals surface area contributed by atoms with Crippen molar-refractivity contribution in [3.8, 4) is 0 Å². The van der Waals surface area contributed by atoms with Crippen molar-refractivity contribution in [3.05, 3.63) is 35.9 Å². The molecule has 2 saturated heterocycles. The molecule has 3 rings (SSSR count). The molecule has 30 heavy (non-hydrogen) atoms. The van der Waals surface area contributed by atoms with Gasteiger partial charge in [0.1, 0.15) is 0 Å². The molecular formula is C23H37N5O2. The second-order valence-corrected chi connectivity index (χ2v) is 8.42. The molecule has 2 aliphatic rings. The lowest BCUT2D eigenvalue weighted by Gasteiger charge is -2.41. The van der Waals surface area contributed by atoms with Crippen LogP contribution < -0.4 is 16.0 Å². The Kier molecular flexibility index (Phi) is 8.10. The number of carbonyl (C=O) groups is 1. The smallest absolute Gasteiger partial charge is 0.222 e. The predicted molar refractivity (Wildman–Crippen MR) is 121 cm³/mol. The van der Waals surface area contributed by atoms with E-state index in [4.69, 9.17) is 4.74 Å². The van der Waals surface area contributed by atoms with Crippen molar-refractivity contribution in [3.63, 3.8) is 0 Å². The first-order valence-corrected chi connectivity index (χ1v) is 11.2. The van der Waals surface area contributed by atoms with E-state index in [1.165, 1.54) is 5.56 Å². The van der Waals surface area contributed by atoms with Gasteiger partial charge in [-0.1, -0.05) is 37.3 Å². The molecule has 1 aromatic carbocycles. The summed E-state index contributed by atoms with van der Waals surface area (Å²) in [5.74, 6) is 1.02. The molecule has 1 aromatic rings. The predicted octanol–water partition coefficient (Wildman–Crippen LogP) is 2.06. The molecule has 0 aromatic heterocycles. The van der Waals surface area contributed by atoms with Crippen molar-refractivity contribution in [2.75, 3.05) is 39.9 Å². The average Bonchev–Trinajstić information content (AvgIpc) is 3.26. The molecule has 7 nitrogen and oxygen atoms in total. The zero-order valence-electron chi connectivity index (χ0n) is 18.6. The quantitative estimate of drug-likeness (QED) is 0.469. The fraction of sp³-hybridized carbons (Fsp3) is 0.652. The Balaban J connectivity index is 1.57. The molecular weight excluding hydrogens is 378 g/mol. The van der Waals surface area contributed by atoms with E-state index in [1.807, 2.05) is 11.8 Å². The van der Waals surface area contributed by atoms with Crippen molar-refractivity contribution < 1.29 is 9.53 Å². The molecule has 166 valence electrons. The number of hydrogen-bond acceptors (Lipinski definition) is 4. The van der Waals surface area contributed by atoms with E-state index in [0.717, 1.165) is 58.1 Å². The highest BCUT2D eigenvalue weighted by molar-refractivity contribution is 5.80. The summed E-state index contributed by atoms with van der Waals surface area (Å²) in [4.78, 5) is 18.3. The van der Waals surface area contributed by atoms with Gasteiger partial charge in [-0.25, -0.2) is 0 Å². The third kappa shape index (κ3) is 5.95. The maximum atomic E-state index is 11.9.